The van der Waals surface area contributed by atoms with Crippen LogP contribution in [0.25, 0.3) is 10.9 Å². The fraction of sp³-hybridized carbons (Fsp3) is 0.222. The van der Waals surface area contributed by atoms with Crippen LogP contribution in [0.4, 0.5) is 5.69 Å². The Morgan fingerprint density at radius 3 is 2.71 bits per heavy atom. The lowest BCUT2D eigenvalue weighted by Crippen LogP contribution is -2.04. The molecule has 0 amide bonds. The second kappa shape index (κ2) is 6.46. The van der Waals surface area contributed by atoms with Crippen LogP contribution in [0.1, 0.15) is 11.1 Å². The first kappa shape index (κ1) is 13.7. The van der Waals surface area contributed by atoms with Gasteiger partial charge in [0.2, 0.25) is 0 Å². The molecule has 0 saturated carbocycles. The molecule has 0 saturated heterocycles. The fourth-order valence-corrected chi connectivity index (χ4v) is 2.59. The first-order valence-corrected chi connectivity index (χ1v) is 7.24. The summed E-state index contributed by atoms with van der Waals surface area (Å²) < 4.78 is 5.18. The van der Waals surface area contributed by atoms with Gasteiger partial charge in [0, 0.05) is 36.4 Å². The average Bonchev–Trinajstić information content (AvgIpc) is 2.95. The maximum Gasteiger partial charge on any atom is 0.0503 e. The van der Waals surface area contributed by atoms with Gasteiger partial charge in [0.1, 0.15) is 0 Å². The standard InChI is InChI=1S/C18H20N2O/c1-21-11-10-14-6-2-4-8-17(14)19-12-15-13-20-18-9-5-3-7-16(15)18/h2-9,13,19-20H,10-12H2,1H3. The maximum atomic E-state index is 5.18. The highest BCUT2D eigenvalue weighted by atomic mass is 16.5. The van der Waals surface area contributed by atoms with Crippen molar-refractivity contribution in [2.45, 2.75) is 13.0 Å². The summed E-state index contributed by atoms with van der Waals surface area (Å²) in [5.41, 5.74) is 4.94. The van der Waals surface area contributed by atoms with Crippen LogP contribution >= 0.6 is 0 Å². The number of fused-ring (bicyclic) bond motifs is 1. The highest BCUT2D eigenvalue weighted by Gasteiger charge is 2.05. The third kappa shape index (κ3) is 3.09. The second-order valence-corrected chi connectivity index (χ2v) is 5.11. The molecule has 3 rings (SSSR count). The first-order chi connectivity index (χ1) is 10.4. The minimum Gasteiger partial charge on any atom is -0.384 e. The van der Waals surface area contributed by atoms with E-state index in [1.165, 1.54) is 27.7 Å². The van der Waals surface area contributed by atoms with Crippen molar-refractivity contribution >= 4 is 16.6 Å². The number of hydrogen-bond donors (Lipinski definition) is 2. The Hall–Kier alpha value is -2.26. The second-order valence-electron chi connectivity index (χ2n) is 5.11. The summed E-state index contributed by atoms with van der Waals surface area (Å²) in [5.74, 6) is 0. The molecule has 1 aromatic heterocycles. The lowest BCUT2D eigenvalue weighted by molar-refractivity contribution is 0.202. The van der Waals surface area contributed by atoms with Crippen molar-refractivity contribution in [1.82, 2.24) is 4.98 Å². The molecule has 1 heterocycles. The predicted molar refractivity (Wildman–Crippen MR) is 87.6 cm³/mol. The zero-order valence-corrected chi connectivity index (χ0v) is 12.2. The molecule has 3 heteroatoms. The third-order valence-electron chi connectivity index (χ3n) is 3.74. The van der Waals surface area contributed by atoms with Gasteiger partial charge in [-0.3, -0.25) is 0 Å². The number of para-hydroxylation sites is 2. The third-order valence-corrected chi connectivity index (χ3v) is 3.74. The molecule has 0 aliphatic carbocycles. The molecule has 0 fully saturated rings. The van der Waals surface area contributed by atoms with Crippen LogP contribution in [0.3, 0.4) is 0 Å². The van der Waals surface area contributed by atoms with Crippen molar-refractivity contribution in [3.63, 3.8) is 0 Å². The molecular formula is C18H20N2O. The van der Waals surface area contributed by atoms with Crippen LogP contribution in [0.5, 0.6) is 0 Å². The Kier molecular flexibility index (Phi) is 4.22. The summed E-state index contributed by atoms with van der Waals surface area (Å²) in [7, 11) is 1.74. The van der Waals surface area contributed by atoms with Gasteiger partial charge in [-0.25, -0.2) is 0 Å². The smallest absolute Gasteiger partial charge is 0.0503 e. The average molecular weight is 280 g/mol. The summed E-state index contributed by atoms with van der Waals surface area (Å²) in [5, 5.41) is 4.82. The SMILES string of the molecule is COCCc1ccccc1NCc1c[nH]c2ccccc12. The zero-order valence-electron chi connectivity index (χ0n) is 12.2. The minimum atomic E-state index is 0.742. The monoisotopic (exact) mass is 280 g/mol. The summed E-state index contributed by atoms with van der Waals surface area (Å²) in [6, 6.07) is 16.8. The number of aromatic amines is 1. The molecule has 21 heavy (non-hydrogen) atoms. The molecule has 0 radical (unpaired) electrons. The molecule has 3 aromatic rings. The van der Waals surface area contributed by atoms with Gasteiger partial charge < -0.3 is 15.0 Å². The molecule has 0 atom stereocenters. The predicted octanol–water partition coefficient (Wildman–Crippen LogP) is 3.97. The lowest BCUT2D eigenvalue weighted by atomic mass is 10.1. The Balaban J connectivity index is 1.75. The number of benzene rings is 2. The van der Waals surface area contributed by atoms with E-state index in [1.54, 1.807) is 7.11 Å². The number of hydrogen-bond acceptors (Lipinski definition) is 2. The van der Waals surface area contributed by atoms with Crippen molar-refractivity contribution in [2.75, 3.05) is 19.0 Å². The number of nitrogens with one attached hydrogen (secondary N) is 2. The van der Waals surface area contributed by atoms with E-state index in [-0.39, 0.29) is 0 Å². The van der Waals surface area contributed by atoms with Crippen LogP contribution in [-0.4, -0.2) is 18.7 Å². The number of ether oxygens (including phenoxy) is 1. The van der Waals surface area contributed by atoms with Crippen LogP contribution in [0, 0.1) is 0 Å². The van der Waals surface area contributed by atoms with Crippen molar-refractivity contribution in [3.05, 3.63) is 65.9 Å². The van der Waals surface area contributed by atoms with E-state index >= 15 is 0 Å². The molecule has 0 aliphatic heterocycles. The minimum absolute atomic E-state index is 0.742. The van der Waals surface area contributed by atoms with E-state index in [2.05, 4.69) is 65.0 Å². The molecule has 108 valence electrons. The Morgan fingerprint density at radius 2 is 1.81 bits per heavy atom. The Labute approximate surface area is 125 Å². The van der Waals surface area contributed by atoms with E-state index in [0.29, 0.717) is 0 Å². The van der Waals surface area contributed by atoms with E-state index in [1.807, 2.05) is 0 Å². The van der Waals surface area contributed by atoms with Crippen molar-refractivity contribution in [3.8, 4) is 0 Å². The number of methoxy groups -OCH3 is 1. The highest BCUT2D eigenvalue weighted by Crippen LogP contribution is 2.21. The van der Waals surface area contributed by atoms with E-state index in [4.69, 9.17) is 4.74 Å². The van der Waals surface area contributed by atoms with Crippen LogP contribution in [0.15, 0.2) is 54.7 Å². The number of anilines is 1. The van der Waals surface area contributed by atoms with Gasteiger partial charge in [0.15, 0.2) is 0 Å². The zero-order chi connectivity index (χ0) is 14.5. The van der Waals surface area contributed by atoms with Gasteiger partial charge in [-0.1, -0.05) is 36.4 Å². The Morgan fingerprint density at radius 1 is 1.00 bits per heavy atom. The number of rotatable bonds is 6. The topological polar surface area (TPSA) is 37.0 Å². The molecule has 0 aliphatic rings. The van der Waals surface area contributed by atoms with Crippen molar-refractivity contribution < 1.29 is 4.74 Å². The number of aromatic nitrogens is 1. The maximum absolute atomic E-state index is 5.18. The summed E-state index contributed by atoms with van der Waals surface area (Å²) in [4.78, 5) is 3.31. The van der Waals surface area contributed by atoms with E-state index < -0.39 is 0 Å². The molecule has 3 nitrogen and oxygen atoms in total. The van der Waals surface area contributed by atoms with Crippen LogP contribution in [-0.2, 0) is 17.7 Å². The molecule has 2 aromatic carbocycles. The van der Waals surface area contributed by atoms with Gasteiger partial charge >= 0.3 is 0 Å². The normalized spacial score (nSPS) is 10.9. The molecule has 0 unspecified atom stereocenters. The largest absolute Gasteiger partial charge is 0.384 e. The number of H-pyrrole nitrogens is 1. The van der Waals surface area contributed by atoms with Crippen LogP contribution in [0.2, 0.25) is 0 Å². The Bertz CT molecular complexity index is 718. The van der Waals surface area contributed by atoms with E-state index in [9.17, 15) is 0 Å². The van der Waals surface area contributed by atoms with Crippen molar-refractivity contribution in [2.24, 2.45) is 0 Å². The first-order valence-electron chi connectivity index (χ1n) is 7.24. The molecule has 2 N–H and O–H groups in total. The summed E-state index contributed by atoms with van der Waals surface area (Å²) in [6.07, 6.45) is 3.00. The van der Waals surface area contributed by atoms with Crippen LogP contribution < -0.4 is 5.32 Å². The highest BCUT2D eigenvalue weighted by molar-refractivity contribution is 5.83. The quantitative estimate of drug-likeness (QED) is 0.717. The molecule has 0 spiro atoms. The van der Waals surface area contributed by atoms with Crippen molar-refractivity contribution in [1.29, 1.82) is 0 Å². The molecular weight excluding hydrogens is 260 g/mol. The van der Waals surface area contributed by atoms with Gasteiger partial charge in [0.25, 0.3) is 0 Å². The fourth-order valence-electron chi connectivity index (χ4n) is 2.59. The van der Waals surface area contributed by atoms with Gasteiger partial charge in [0.05, 0.1) is 6.61 Å². The summed E-state index contributed by atoms with van der Waals surface area (Å²) >= 11 is 0. The van der Waals surface area contributed by atoms with Gasteiger partial charge in [-0.05, 0) is 29.7 Å². The van der Waals surface area contributed by atoms with E-state index in [0.717, 1.165) is 19.6 Å². The summed E-state index contributed by atoms with van der Waals surface area (Å²) in [6.45, 7) is 1.56. The van der Waals surface area contributed by atoms with Gasteiger partial charge in [-0.15, -0.1) is 0 Å². The molecule has 0 bridgehead atoms. The van der Waals surface area contributed by atoms with Gasteiger partial charge in [-0.2, -0.15) is 0 Å². The lowest BCUT2D eigenvalue weighted by Gasteiger charge is -2.11.